The van der Waals surface area contributed by atoms with Gasteiger partial charge < -0.3 is 19.4 Å². The minimum atomic E-state index is -1.21. The van der Waals surface area contributed by atoms with Gasteiger partial charge in [0.15, 0.2) is 11.5 Å². The summed E-state index contributed by atoms with van der Waals surface area (Å²) in [4.78, 5) is 24.9. The molecule has 0 aliphatic carbocycles. The Morgan fingerprint density at radius 1 is 1.25 bits per heavy atom. The lowest BCUT2D eigenvalue weighted by Crippen LogP contribution is -2.33. The first-order valence-electron chi connectivity index (χ1n) is 9.31. The van der Waals surface area contributed by atoms with Crippen molar-refractivity contribution in [1.82, 2.24) is 4.90 Å². The van der Waals surface area contributed by atoms with Crippen molar-refractivity contribution in [2.75, 3.05) is 19.8 Å². The number of hydrogen-bond acceptors (Lipinski definition) is 7. The molecule has 0 aromatic heterocycles. The van der Waals surface area contributed by atoms with Crippen LogP contribution in [0.1, 0.15) is 45.1 Å². The molecule has 1 heterocycles. The molecule has 0 bridgehead atoms. The van der Waals surface area contributed by atoms with Gasteiger partial charge in [0.2, 0.25) is 0 Å². The van der Waals surface area contributed by atoms with Crippen LogP contribution in [0, 0.1) is 0 Å². The van der Waals surface area contributed by atoms with Crippen molar-refractivity contribution in [3.8, 4) is 11.5 Å². The fraction of sp³-hybridized carbons (Fsp3) is 0.450. The number of carbonyl (C=O) groups is 2. The number of rotatable bonds is 11. The normalized spacial score (nSPS) is 15.4. The third kappa shape index (κ3) is 6.24. The molecule has 8 heteroatoms. The molecule has 0 spiro atoms. The molecule has 0 N–H and O–H groups in total. The molecule has 1 amide bonds. The zero-order valence-corrected chi connectivity index (χ0v) is 17.7. The molecule has 28 heavy (non-hydrogen) atoms. The maximum atomic E-state index is 12.5. The van der Waals surface area contributed by atoms with E-state index in [1.165, 1.54) is 4.90 Å². The van der Waals surface area contributed by atoms with Crippen molar-refractivity contribution in [3.63, 3.8) is 0 Å². The molecule has 0 unspecified atom stereocenters. The quantitative estimate of drug-likeness (QED) is 0.308. The van der Waals surface area contributed by atoms with Gasteiger partial charge in [0.05, 0.1) is 18.1 Å². The Labute approximate surface area is 174 Å². The summed E-state index contributed by atoms with van der Waals surface area (Å²) in [5, 5.41) is 10.6. The number of ether oxygens (including phenoxy) is 2. The first-order chi connectivity index (χ1) is 13.5. The number of amides is 1. The van der Waals surface area contributed by atoms with Crippen LogP contribution in [0.15, 0.2) is 23.1 Å². The van der Waals surface area contributed by atoms with Gasteiger partial charge in [0.1, 0.15) is 4.32 Å². The molecular formula is C20H24NO5S2-. The molecule has 0 atom stereocenters. The zero-order chi connectivity index (χ0) is 20.5. The van der Waals surface area contributed by atoms with Crippen LogP contribution in [0.4, 0.5) is 0 Å². The number of thiocarbonyl (C=S) groups is 1. The number of carboxylic acid groups (broad SMARTS) is 1. The van der Waals surface area contributed by atoms with Gasteiger partial charge >= 0.3 is 0 Å². The van der Waals surface area contributed by atoms with Crippen LogP contribution >= 0.6 is 24.0 Å². The van der Waals surface area contributed by atoms with Gasteiger partial charge in [-0.05, 0) is 37.1 Å². The number of thioether (sulfide) groups is 1. The van der Waals surface area contributed by atoms with E-state index in [0.29, 0.717) is 33.9 Å². The summed E-state index contributed by atoms with van der Waals surface area (Å²) >= 11 is 6.34. The smallest absolute Gasteiger partial charge is 0.266 e. The second kappa shape index (κ2) is 11.1. The Bertz CT molecular complexity index is 763. The van der Waals surface area contributed by atoms with Gasteiger partial charge in [-0.1, -0.05) is 49.8 Å². The summed E-state index contributed by atoms with van der Waals surface area (Å²) in [6.45, 7) is 5.18. The molecule has 0 radical (unpaired) electrons. The molecule has 1 aromatic rings. The average molecular weight is 423 g/mol. The van der Waals surface area contributed by atoms with E-state index in [2.05, 4.69) is 6.92 Å². The SMILES string of the molecule is CCCCCOc1ccc(/C=C2\SC(=S)N(CCC(=O)[O-])C2=O)cc1OCC. The van der Waals surface area contributed by atoms with E-state index in [1.807, 2.05) is 25.1 Å². The van der Waals surface area contributed by atoms with E-state index >= 15 is 0 Å². The Balaban J connectivity index is 2.13. The summed E-state index contributed by atoms with van der Waals surface area (Å²) in [5.74, 6) is -0.209. The van der Waals surface area contributed by atoms with Crippen LogP contribution in [0.3, 0.4) is 0 Å². The number of carbonyl (C=O) groups excluding carboxylic acids is 2. The van der Waals surface area contributed by atoms with Crippen molar-refractivity contribution in [2.24, 2.45) is 0 Å². The summed E-state index contributed by atoms with van der Waals surface area (Å²) < 4.78 is 11.8. The zero-order valence-electron chi connectivity index (χ0n) is 16.1. The van der Waals surface area contributed by atoms with Gasteiger partial charge in [-0.3, -0.25) is 9.69 Å². The second-order valence-corrected chi connectivity index (χ2v) is 7.83. The van der Waals surface area contributed by atoms with Crippen LogP contribution in [0.25, 0.3) is 6.08 Å². The lowest BCUT2D eigenvalue weighted by Gasteiger charge is -2.14. The summed E-state index contributed by atoms with van der Waals surface area (Å²) in [5.41, 5.74) is 0.782. The molecule has 0 saturated carbocycles. The minimum absolute atomic E-state index is 0.0130. The first-order valence-corrected chi connectivity index (χ1v) is 10.5. The van der Waals surface area contributed by atoms with Crippen molar-refractivity contribution in [1.29, 1.82) is 0 Å². The van der Waals surface area contributed by atoms with Crippen molar-refractivity contribution < 1.29 is 24.2 Å². The second-order valence-electron chi connectivity index (χ2n) is 6.15. The van der Waals surface area contributed by atoms with Crippen LogP contribution in [0.2, 0.25) is 0 Å². The summed E-state index contributed by atoms with van der Waals surface area (Å²) in [6.07, 6.45) is 4.70. The highest BCUT2D eigenvalue weighted by molar-refractivity contribution is 8.26. The monoisotopic (exact) mass is 422 g/mol. The number of carboxylic acids is 1. The Morgan fingerprint density at radius 3 is 2.71 bits per heavy atom. The van der Waals surface area contributed by atoms with E-state index in [0.717, 1.165) is 36.6 Å². The minimum Gasteiger partial charge on any atom is -0.550 e. The van der Waals surface area contributed by atoms with Gasteiger partial charge in [0, 0.05) is 18.9 Å². The highest BCUT2D eigenvalue weighted by Crippen LogP contribution is 2.35. The van der Waals surface area contributed by atoms with Crippen molar-refractivity contribution in [3.05, 3.63) is 28.7 Å². The largest absolute Gasteiger partial charge is 0.550 e. The molecule has 1 aromatic carbocycles. The molecule has 1 saturated heterocycles. The van der Waals surface area contributed by atoms with Gasteiger partial charge in [-0.2, -0.15) is 0 Å². The molecule has 2 rings (SSSR count). The standard InChI is InChI=1S/C20H25NO5S2/c1-3-5-6-11-26-15-8-7-14(12-16(15)25-4-2)13-17-19(24)21(20(27)28-17)10-9-18(22)23/h7-8,12-13H,3-6,9-11H2,1-2H3,(H,22,23)/p-1/b17-13-. The summed E-state index contributed by atoms with van der Waals surface area (Å²) in [6, 6.07) is 5.51. The number of unbranched alkanes of at least 4 members (excludes halogenated alkanes) is 2. The predicted octanol–water partition coefficient (Wildman–Crippen LogP) is 3.00. The van der Waals surface area contributed by atoms with Crippen LogP contribution in [-0.4, -0.2) is 40.9 Å². The fourth-order valence-electron chi connectivity index (χ4n) is 2.58. The molecule has 1 fully saturated rings. The highest BCUT2D eigenvalue weighted by Gasteiger charge is 2.31. The molecule has 152 valence electrons. The molecule has 1 aliphatic rings. The molecular weight excluding hydrogens is 398 g/mol. The van der Waals surface area contributed by atoms with Gasteiger partial charge in [-0.25, -0.2) is 0 Å². The first kappa shape index (κ1) is 22.2. The third-order valence-electron chi connectivity index (χ3n) is 3.98. The number of benzene rings is 1. The van der Waals surface area contributed by atoms with E-state index < -0.39 is 5.97 Å². The van der Waals surface area contributed by atoms with Gasteiger partial charge in [0.25, 0.3) is 5.91 Å². The lowest BCUT2D eigenvalue weighted by molar-refractivity contribution is -0.305. The van der Waals surface area contributed by atoms with Crippen LogP contribution in [0.5, 0.6) is 11.5 Å². The topological polar surface area (TPSA) is 78.9 Å². The Morgan fingerprint density at radius 2 is 2.04 bits per heavy atom. The third-order valence-corrected chi connectivity index (χ3v) is 5.36. The number of hydrogen-bond donors (Lipinski definition) is 0. The van der Waals surface area contributed by atoms with E-state index in [1.54, 1.807) is 6.08 Å². The van der Waals surface area contributed by atoms with E-state index in [4.69, 9.17) is 21.7 Å². The maximum Gasteiger partial charge on any atom is 0.266 e. The van der Waals surface area contributed by atoms with Crippen LogP contribution in [-0.2, 0) is 9.59 Å². The van der Waals surface area contributed by atoms with E-state index in [-0.39, 0.29) is 18.9 Å². The maximum absolute atomic E-state index is 12.5. The Hall–Kier alpha value is -2.06. The number of nitrogens with zero attached hydrogens (tertiary/aromatic N) is 1. The molecule has 6 nitrogen and oxygen atoms in total. The number of aliphatic carboxylic acids is 1. The van der Waals surface area contributed by atoms with Gasteiger partial charge in [-0.15, -0.1) is 0 Å². The lowest BCUT2D eigenvalue weighted by atomic mass is 10.1. The van der Waals surface area contributed by atoms with Crippen molar-refractivity contribution >= 4 is 46.3 Å². The van der Waals surface area contributed by atoms with Crippen LogP contribution < -0.4 is 14.6 Å². The summed E-state index contributed by atoms with van der Waals surface area (Å²) in [7, 11) is 0. The fourth-order valence-corrected chi connectivity index (χ4v) is 3.89. The van der Waals surface area contributed by atoms with Crippen molar-refractivity contribution in [2.45, 2.75) is 39.5 Å². The highest BCUT2D eigenvalue weighted by atomic mass is 32.2. The molecule has 1 aliphatic heterocycles. The average Bonchev–Trinajstić information content (AvgIpc) is 2.92. The Kier molecular flexibility index (Phi) is 8.79. The predicted molar refractivity (Wildman–Crippen MR) is 112 cm³/mol. The van der Waals surface area contributed by atoms with E-state index in [9.17, 15) is 14.7 Å².